The van der Waals surface area contributed by atoms with Gasteiger partial charge in [-0.2, -0.15) is 0 Å². The van der Waals surface area contributed by atoms with Crippen LogP contribution in [0, 0.1) is 5.92 Å². The number of piperidine rings is 2. The highest BCUT2D eigenvalue weighted by Crippen LogP contribution is 2.28. The second-order valence-corrected chi connectivity index (χ2v) is 6.15. The second-order valence-electron chi connectivity index (χ2n) is 6.15. The number of nitrogens with one attached hydrogen (secondary N) is 2. The van der Waals surface area contributed by atoms with Gasteiger partial charge in [-0.25, -0.2) is 0 Å². The van der Waals surface area contributed by atoms with Crippen molar-refractivity contribution in [1.29, 1.82) is 0 Å². The summed E-state index contributed by atoms with van der Waals surface area (Å²) in [5, 5.41) is 6.50. The van der Waals surface area contributed by atoms with Crippen LogP contribution in [-0.2, 0) is 11.3 Å². The van der Waals surface area contributed by atoms with Gasteiger partial charge in [0.1, 0.15) is 0 Å². The predicted octanol–water partition coefficient (Wildman–Crippen LogP) is 1.90. The first-order valence-electron chi connectivity index (χ1n) is 8.10. The van der Waals surface area contributed by atoms with Gasteiger partial charge in [0.15, 0.2) is 0 Å². The number of hydrogen-bond acceptors (Lipinski definition) is 3. The molecule has 21 heavy (non-hydrogen) atoms. The van der Waals surface area contributed by atoms with Crippen molar-refractivity contribution in [2.45, 2.75) is 38.8 Å². The summed E-state index contributed by atoms with van der Waals surface area (Å²) in [6.07, 6.45) is 2.79. The summed E-state index contributed by atoms with van der Waals surface area (Å²) >= 11 is 0. The topological polar surface area (TPSA) is 44.4 Å². The molecule has 1 aromatic carbocycles. The standard InChI is InChI=1S/C17H25N3O/c1-2-18-11-13-3-6-15(7-4-13)20-10-9-16-14(12-20)5-8-17(21)19-16/h3-4,6-7,14,16,18H,2,5,8-12H2,1H3,(H,19,21). The number of nitrogens with zero attached hydrogens (tertiary/aromatic N) is 1. The van der Waals surface area contributed by atoms with E-state index in [1.165, 1.54) is 11.3 Å². The van der Waals surface area contributed by atoms with Crippen LogP contribution < -0.4 is 15.5 Å². The molecular weight excluding hydrogens is 262 g/mol. The maximum absolute atomic E-state index is 11.5. The third-order valence-electron chi connectivity index (χ3n) is 4.70. The molecule has 0 aliphatic carbocycles. The van der Waals surface area contributed by atoms with Gasteiger partial charge in [-0.3, -0.25) is 4.79 Å². The van der Waals surface area contributed by atoms with Gasteiger partial charge in [-0.05, 0) is 43.0 Å². The molecule has 2 saturated heterocycles. The Hall–Kier alpha value is -1.55. The Morgan fingerprint density at radius 1 is 1.29 bits per heavy atom. The van der Waals surface area contributed by atoms with Gasteiger partial charge in [0.25, 0.3) is 0 Å². The lowest BCUT2D eigenvalue weighted by Gasteiger charge is -2.42. The molecule has 4 heteroatoms. The molecule has 4 nitrogen and oxygen atoms in total. The van der Waals surface area contributed by atoms with E-state index >= 15 is 0 Å². The van der Waals surface area contributed by atoms with Crippen LogP contribution in [0.4, 0.5) is 5.69 Å². The second kappa shape index (κ2) is 6.48. The number of carbonyl (C=O) groups is 1. The molecule has 2 atom stereocenters. The highest BCUT2D eigenvalue weighted by atomic mass is 16.1. The van der Waals surface area contributed by atoms with Crippen molar-refractivity contribution in [2.75, 3.05) is 24.5 Å². The van der Waals surface area contributed by atoms with Crippen molar-refractivity contribution in [3.8, 4) is 0 Å². The van der Waals surface area contributed by atoms with Crippen LogP contribution in [0.25, 0.3) is 0 Å². The number of hydrogen-bond donors (Lipinski definition) is 2. The molecule has 0 bridgehead atoms. The molecule has 0 aromatic heterocycles. The van der Waals surface area contributed by atoms with Crippen LogP contribution in [0.2, 0.25) is 0 Å². The van der Waals surface area contributed by atoms with Gasteiger partial charge in [0.2, 0.25) is 5.91 Å². The average Bonchev–Trinajstić information content (AvgIpc) is 2.53. The number of fused-ring (bicyclic) bond motifs is 1. The Labute approximate surface area is 126 Å². The van der Waals surface area contributed by atoms with Crippen molar-refractivity contribution in [3.63, 3.8) is 0 Å². The molecule has 2 aliphatic rings. The summed E-state index contributed by atoms with van der Waals surface area (Å²) < 4.78 is 0. The van der Waals surface area contributed by atoms with E-state index in [2.05, 4.69) is 46.7 Å². The number of amides is 1. The van der Waals surface area contributed by atoms with Crippen LogP contribution in [-0.4, -0.2) is 31.6 Å². The molecule has 0 radical (unpaired) electrons. The van der Waals surface area contributed by atoms with Crippen molar-refractivity contribution in [3.05, 3.63) is 29.8 Å². The minimum Gasteiger partial charge on any atom is -0.371 e. The van der Waals surface area contributed by atoms with Crippen LogP contribution in [0.5, 0.6) is 0 Å². The largest absolute Gasteiger partial charge is 0.371 e. The van der Waals surface area contributed by atoms with Gasteiger partial charge in [0.05, 0.1) is 0 Å². The SMILES string of the molecule is CCNCc1ccc(N2CCC3NC(=O)CCC3C2)cc1. The smallest absolute Gasteiger partial charge is 0.220 e. The number of anilines is 1. The molecule has 1 aromatic rings. The number of rotatable bonds is 4. The summed E-state index contributed by atoms with van der Waals surface area (Å²) in [6.45, 7) is 6.17. The lowest BCUT2D eigenvalue weighted by atomic mass is 9.85. The zero-order chi connectivity index (χ0) is 14.7. The maximum Gasteiger partial charge on any atom is 0.220 e. The summed E-state index contributed by atoms with van der Waals surface area (Å²) in [6, 6.07) is 9.29. The molecule has 114 valence electrons. The van der Waals surface area contributed by atoms with Crippen molar-refractivity contribution in [1.82, 2.24) is 10.6 Å². The normalized spacial score (nSPS) is 25.4. The number of benzene rings is 1. The summed E-state index contributed by atoms with van der Waals surface area (Å²) in [5.41, 5.74) is 2.64. The Morgan fingerprint density at radius 3 is 2.86 bits per heavy atom. The lowest BCUT2D eigenvalue weighted by molar-refractivity contribution is -0.124. The van der Waals surface area contributed by atoms with E-state index in [1.807, 2.05) is 0 Å². The first-order valence-corrected chi connectivity index (χ1v) is 8.10. The van der Waals surface area contributed by atoms with Crippen molar-refractivity contribution < 1.29 is 4.79 Å². The van der Waals surface area contributed by atoms with Gasteiger partial charge in [-0.15, -0.1) is 0 Å². The highest BCUT2D eigenvalue weighted by Gasteiger charge is 2.33. The van der Waals surface area contributed by atoms with E-state index in [0.29, 0.717) is 18.4 Å². The molecular formula is C17H25N3O. The third-order valence-corrected chi connectivity index (χ3v) is 4.70. The van der Waals surface area contributed by atoms with Gasteiger partial charge in [0, 0.05) is 37.8 Å². The number of carbonyl (C=O) groups excluding carboxylic acids is 1. The lowest BCUT2D eigenvalue weighted by Crippen LogP contribution is -2.54. The van der Waals surface area contributed by atoms with Gasteiger partial charge >= 0.3 is 0 Å². The van der Waals surface area contributed by atoms with Crippen molar-refractivity contribution >= 4 is 11.6 Å². The molecule has 3 rings (SSSR count). The van der Waals surface area contributed by atoms with E-state index in [9.17, 15) is 4.79 Å². The molecule has 2 N–H and O–H groups in total. The van der Waals surface area contributed by atoms with E-state index in [1.54, 1.807) is 0 Å². The van der Waals surface area contributed by atoms with Gasteiger partial charge < -0.3 is 15.5 Å². The molecule has 2 heterocycles. The molecule has 0 saturated carbocycles. The van der Waals surface area contributed by atoms with Crippen LogP contribution >= 0.6 is 0 Å². The minimum absolute atomic E-state index is 0.234. The molecule has 0 spiro atoms. The average molecular weight is 287 g/mol. The Morgan fingerprint density at radius 2 is 2.10 bits per heavy atom. The molecule has 2 fully saturated rings. The zero-order valence-electron chi connectivity index (χ0n) is 12.8. The first-order chi connectivity index (χ1) is 10.3. The van der Waals surface area contributed by atoms with Crippen LogP contribution in [0.1, 0.15) is 31.7 Å². The quantitative estimate of drug-likeness (QED) is 0.889. The maximum atomic E-state index is 11.5. The van der Waals surface area contributed by atoms with Crippen LogP contribution in [0.3, 0.4) is 0 Å². The fourth-order valence-electron chi connectivity index (χ4n) is 3.44. The Kier molecular flexibility index (Phi) is 4.44. The van der Waals surface area contributed by atoms with Gasteiger partial charge in [-0.1, -0.05) is 19.1 Å². The predicted molar refractivity (Wildman–Crippen MR) is 85.3 cm³/mol. The minimum atomic E-state index is 0.234. The summed E-state index contributed by atoms with van der Waals surface area (Å²) in [7, 11) is 0. The highest BCUT2D eigenvalue weighted by molar-refractivity contribution is 5.77. The summed E-state index contributed by atoms with van der Waals surface area (Å²) in [4.78, 5) is 13.9. The summed E-state index contributed by atoms with van der Waals surface area (Å²) in [5.74, 6) is 0.843. The fourth-order valence-corrected chi connectivity index (χ4v) is 3.44. The molecule has 2 unspecified atom stereocenters. The van der Waals surface area contributed by atoms with E-state index < -0.39 is 0 Å². The fraction of sp³-hybridized carbons (Fsp3) is 0.588. The Bertz CT molecular complexity index is 485. The molecule has 1 amide bonds. The monoisotopic (exact) mass is 287 g/mol. The van der Waals surface area contributed by atoms with Crippen molar-refractivity contribution in [2.24, 2.45) is 5.92 Å². The zero-order valence-corrected chi connectivity index (χ0v) is 12.8. The van der Waals surface area contributed by atoms with E-state index in [-0.39, 0.29) is 5.91 Å². The van der Waals surface area contributed by atoms with Crippen LogP contribution in [0.15, 0.2) is 24.3 Å². The Balaban J connectivity index is 1.61. The third kappa shape index (κ3) is 3.38. The molecule has 2 aliphatic heterocycles. The first kappa shape index (κ1) is 14.4. The van der Waals surface area contributed by atoms with E-state index in [0.717, 1.165) is 39.0 Å². The van der Waals surface area contributed by atoms with E-state index in [4.69, 9.17) is 0 Å².